The van der Waals surface area contributed by atoms with Gasteiger partial charge < -0.3 is 15.0 Å². The van der Waals surface area contributed by atoms with E-state index in [-0.39, 0.29) is 17.2 Å². The Kier molecular flexibility index (Phi) is 7.56. The first kappa shape index (κ1) is 23.1. The number of nitrogens with one attached hydrogen (secondary N) is 1. The van der Waals surface area contributed by atoms with Crippen molar-refractivity contribution in [3.8, 4) is 5.75 Å². The van der Waals surface area contributed by atoms with Crippen LogP contribution in [-0.4, -0.2) is 52.9 Å². The van der Waals surface area contributed by atoms with E-state index < -0.39 is 10.0 Å². The quantitative estimate of drug-likeness (QED) is 0.673. The molecule has 0 bridgehead atoms. The van der Waals surface area contributed by atoms with Gasteiger partial charge >= 0.3 is 0 Å². The van der Waals surface area contributed by atoms with E-state index >= 15 is 0 Å². The molecule has 1 fully saturated rings. The second-order valence-electron chi connectivity index (χ2n) is 7.90. The molecule has 2 aromatic carbocycles. The molecule has 1 amide bonds. The molecule has 0 aromatic heterocycles. The minimum atomic E-state index is -3.55. The van der Waals surface area contributed by atoms with Crippen LogP contribution in [0.25, 0.3) is 0 Å². The van der Waals surface area contributed by atoms with Gasteiger partial charge in [0.1, 0.15) is 5.75 Å². The first-order chi connectivity index (χ1) is 14.8. The monoisotopic (exact) mass is 445 g/mol. The molecule has 0 aliphatic carbocycles. The maximum Gasteiger partial charge on any atom is 0.242 e. The van der Waals surface area contributed by atoms with Crippen molar-refractivity contribution in [3.05, 3.63) is 48.0 Å². The number of ether oxygens (including phenoxy) is 1. The number of piperidine rings is 1. The van der Waals surface area contributed by atoms with E-state index in [0.29, 0.717) is 17.7 Å². The van der Waals surface area contributed by atoms with Crippen LogP contribution in [0.5, 0.6) is 5.75 Å². The Morgan fingerprint density at radius 3 is 2.35 bits per heavy atom. The summed E-state index contributed by atoms with van der Waals surface area (Å²) in [5, 5.41) is 2.92. The highest BCUT2D eigenvalue weighted by Crippen LogP contribution is 2.26. The molecular weight excluding hydrogens is 414 g/mol. The van der Waals surface area contributed by atoms with Crippen molar-refractivity contribution in [2.24, 2.45) is 0 Å². The summed E-state index contributed by atoms with van der Waals surface area (Å²) in [5.74, 6) is 0.435. The number of amides is 1. The third kappa shape index (κ3) is 5.77. The number of anilines is 2. The van der Waals surface area contributed by atoms with Gasteiger partial charge in [-0.05, 0) is 73.7 Å². The number of sulfonamides is 1. The van der Waals surface area contributed by atoms with Gasteiger partial charge in [-0.2, -0.15) is 0 Å². The SMILES string of the molecule is COc1ccc(S(=O)(=O)N(C)C)cc1CCC(=O)Nc1ccc(N2CCCCC2)cc1. The summed E-state index contributed by atoms with van der Waals surface area (Å²) in [6.45, 7) is 2.16. The number of hydrogen-bond acceptors (Lipinski definition) is 5. The second-order valence-corrected chi connectivity index (χ2v) is 10.1. The van der Waals surface area contributed by atoms with Crippen LogP contribution in [0.3, 0.4) is 0 Å². The molecule has 31 heavy (non-hydrogen) atoms. The summed E-state index contributed by atoms with van der Waals surface area (Å²) in [4.78, 5) is 15.0. The Balaban J connectivity index is 1.62. The molecule has 0 radical (unpaired) electrons. The zero-order valence-corrected chi connectivity index (χ0v) is 19.2. The van der Waals surface area contributed by atoms with Gasteiger partial charge in [-0.25, -0.2) is 12.7 Å². The standard InChI is InChI=1S/C23H31N3O4S/c1-25(2)31(28,29)21-12-13-22(30-3)18(17-21)7-14-23(27)24-19-8-10-20(11-9-19)26-15-5-4-6-16-26/h8-13,17H,4-7,14-16H2,1-3H3,(H,24,27). The maximum absolute atomic E-state index is 12.5. The zero-order chi connectivity index (χ0) is 22.4. The van der Waals surface area contributed by atoms with Gasteiger partial charge in [-0.3, -0.25) is 4.79 Å². The van der Waals surface area contributed by atoms with Crippen molar-refractivity contribution >= 4 is 27.3 Å². The summed E-state index contributed by atoms with van der Waals surface area (Å²) < 4.78 is 31.3. The smallest absolute Gasteiger partial charge is 0.242 e. The predicted molar refractivity (Wildman–Crippen MR) is 123 cm³/mol. The van der Waals surface area contributed by atoms with Gasteiger partial charge in [-0.15, -0.1) is 0 Å². The Hall–Kier alpha value is -2.58. The summed E-state index contributed by atoms with van der Waals surface area (Å²) in [5.41, 5.74) is 2.61. The molecule has 2 aromatic rings. The summed E-state index contributed by atoms with van der Waals surface area (Å²) in [7, 11) is 0.958. The highest BCUT2D eigenvalue weighted by Gasteiger charge is 2.19. The highest BCUT2D eigenvalue weighted by atomic mass is 32.2. The van der Waals surface area contributed by atoms with E-state index in [1.165, 1.54) is 56.5 Å². The van der Waals surface area contributed by atoms with Gasteiger partial charge in [0, 0.05) is 45.0 Å². The van der Waals surface area contributed by atoms with E-state index in [0.717, 1.165) is 18.8 Å². The molecule has 0 spiro atoms. The van der Waals surface area contributed by atoms with E-state index in [9.17, 15) is 13.2 Å². The van der Waals surface area contributed by atoms with Gasteiger partial charge in [0.15, 0.2) is 0 Å². The van der Waals surface area contributed by atoms with Crippen molar-refractivity contribution in [3.63, 3.8) is 0 Å². The first-order valence-corrected chi connectivity index (χ1v) is 12.0. The van der Waals surface area contributed by atoms with Crippen molar-refractivity contribution in [2.75, 3.05) is 44.5 Å². The number of carbonyl (C=O) groups excluding carboxylic acids is 1. The van der Waals surface area contributed by atoms with Crippen LogP contribution >= 0.6 is 0 Å². The summed E-state index contributed by atoms with van der Waals surface area (Å²) >= 11 is 0. The molecule has 1 saturated heterocycles. The number of carbonyl (C=O) groups is 1. The van der Waals surface area contributed by atoms with Crippen LogP contribution in [0.15, 0.2) is 47.4 Å². The number of methoxy groups -OCH3 is 1. The largest absolute Gasteiger partial charge is 0.496 e. The highest BCUT2D eigenvalue weighted by molar-refractivity contribution is 7.89. The van der Waals surface area contributed by atoms with Crippen LogP contribution in [0.4, 0.5) is 11.4 Å². The lowest BCUT2D eigenvalue weighted by Gasteiger charge is -2.28. The Labute approximate surface area is 185 Å². The first-order valence-electron chi connectivity index (χ1n) is 10.6. The predicted octanol–water partition coefficient (Wildman–Crippen LogP) is 3.51. The molecule has 1 aliphatic rings. The maximum atomic E-state index is 12.5. The van der Waals surface area contributed by atoms with E-state index in [1.807, 2.05) is 24.3 Å². The van der Waals surface area contributed by atoms with Gasteiger partial charge in [0.05, 0.1) is 12.0 Å². The van der Waals surface area contributed by atoms with E-state index in [2.05, 4.69) is 10.2 Å². The van der Waals surface area contributed by atoms with E-state index in [1.54, 1.807) is 12.1 Å². The normalized spacial score (nSPS) is 14.5. The molecule has 0 atom stereocenters. The molecule has 1 aliphatic heterocycles. The Bertz CT molecular complexity index is 998. The van der Waals surface area contributed by atoms with Crippen LogP contribution < -0.4 is 15.0 Å². The number of hydrogen-bond donors (Lipinski definition) is 1. The van der Waals surface area contributed by atoms with Gasteiger partial charge in [0.25, 0.3) is 0 Å². The fraction of sp³-hybridized carbons (Fsp3) is 0.435. The third-order valence-electron chi connectivity index (χ3n) is 5.52. The molecule has 8 heteroatoms. The van der Waals surface area contributed by atoms with Gasteiger partial charge in [0.2, 0.25) is 15.9 Å². The Morgan fingerprint density at radius 1 is 1.06 bits per heavy atom. The van der Waals surface area contributed by atoms with Crippen molar-refractivity contribution in [1.29, 1.82) is 0 Å². The van der Waals surface area contributed by atoms with Crippen LogP contribution in [0, 0.1) is 0 Å². The second kappa shape index (κ2) is 10.2. The molecule has 0 saturated carbocycles. The van der Waals surface area contributed by atoms with Crippen LogP contribution in [0.2, 0.25) is 0 Å². The lowest BCUT2D eigenvalue weighted by Crippen LogP contribution is -2.29. The minimum absolute atomic E-state index is 0.131. The van der Waals surface area contributed by atoms with Crippen molar-refractivity contribution in [1.82, 2.24) is 4.31 Å². The fourth-order valence-corrected chi connectivity index (χ4v) is 4.65. The van der Waals surface area contributed by atoms with Gasteiger partial charge in [-0.1, -0.05) is 0 Å². The molecule has 7 nitrogen and oxygen atoms in total. The molecule has 1 N–H and O–H groups in total. The minimum Gasteiger partial charge on any atom is -0.496 e. The summed E-state index contributed by atoms with van der Waals surface area (Å²) in [6.07, 6.45) is 4.32. The lowest BCUT2D eigenvalue weighted by atomic mass is 10.1. The molecule has 3 rings (SSSR count). The Morgan fingerprint density at radius 2 is 1.74 bits per heavy atom. The van der Waals surface area contributed by atoms with Crippen LogP contribution in [0.1, 0.15) is 31.2 Å². The molecule has 0 unspecified atom stereocenters. The topological polar surface area (TPSA) is 79.0 Å². The third-order valence-corrected chi connectivity index (χ3v) is 7.34. The number of rotatable bonds is 8. The van der Waals surface area contributed by atoms with Crippen LogP contribution in [-0.2, 0) is 21.2 Å². The number of aryl methyl sites for hydroxylation is 1. The fourth-order valence-electron chi connectivity index (χ4n) is 3.70. The van der Waals surface area contributed by atoms with Crippen molar-refractivity contribution < 1.29 is 17.9 Å². The zero-order valence-electron chi connectivity index (χ0n) is 18.4. The molecule has 1 heterocycles. The van der Waals surface area contributed by atoms with Crippen molar-refractivity contribution in [2.45, 2.75) is 37.0 Å². The molecular formula is C23H31N3O4S. The average molecular weight is 446 g/mol. The number of benzene rings is 2. The van der Waals surface area contributed by atoms with E-state index in [4.69, 9.17) is 4.74 Å². The average Bonchev–Trinajstić information content (AvgIpc) is 2.78. The lowest BCUT2D eigenvalue weighted by molar-refractivity contribution is -0.116. The summed E-state index contributed by atoms with van der Waals surface area (Å²) in [6, 6.07) is 12.7. The number of nitrogens with zero attached hydrogens (tertiary/aromatic N) is 2. The molecule has 168 valence electrons.